The van der Waals surface area contributed by atoms with Gasteiger partial charge in [0.25, 0.3) is 5.91 Å². The Kier molecular flexibility index (Phi) is 5.64. The normalized spacial score (nSPS) is 10.8. The fourth-order valence-corrected chi connectivity index (χ4v) is 3.65. The van der Waals surface area contributed by atoms with E-state index >= 15 is 0 Å². The number of nitrogens with one attached hydrogen (secondary N) is 1. The van der Waals surface area contributed by atoms with Crippen LogP contribution >= 0.6 is 0 Å². The highest BCUT2D eigenvalue weighted by Crippen LogP contribution is 2.31. The van der Waals surface area contributed by atoms with Crippen molar-refractivity contribution in [2.24, 2.45) is 0 Å². The summed E-state index contributed by atoms with van der Waals surface area (Å²) in [7, 11) is 7.46. The second-order valence-corrected chi connectivity index (χ2v) is 7.96. The average molecular weight is 428 g/mol. The third-order valence-electron chi connectivity index (χ3n) is 5.35. The molecule has 0 aliphatic rings. The number of carbonyl (C=O) groups is 2. The molecule has 162 valence electrons. The molecule has 0 atom stereocenters. The SMILES string of the molecule is CN(C)C(=O)c1cccc(-c2cnc3c(NC=O)cc(-c4ccc(N(C)C)cc4)cn23)c1. The van der Waals surface area contributed by atoms with E-state index in [9.17, 15) is 9.59 Å². The van der Waals surface area contributed by atoms with Gasteiger partial charge in [0.05, 0.1) is 17.6 Å². The predicted octanol–water partition coefficient (Wildman–Crippen LogP) is 4.00. The van der Waals surface area contributed by atoms with Crippen LogP contribution in [0.4, 0.5) is 11.4 Å². The number of rotatable bonds is 6. The van der Waals surface area contributed by atoms with Crippen LogP contribution in [0.15, 0.2) is 67.0 Å². The molecule has 4 rings (SSSR count). The van der Waals surface area contributed by atoms with Gasteiger partial charge in [-0.15, -0.1) is 0 Å². The Morgan fingerprint density at radius 3 is 2.38 bits per heavy atom. The van der Waals surface area contributed by atoms with Gasteiger partial charge in [-0.25, -0.2) is 4.98 Å². The molecule has 0 saturated heterocycles. The number of nitrogens with zero attached hydrogens (tertiary/aromatic N) is 4. The molecule has 0 bridgehead atoms. The minimum atomic E-state index is -0.0642. The molecule has 2 heterocycles. The van der Waals surface area contributed by atoms with Crippen molar-refractivity contribution in [1.82, 2.24) is 14.3 Å². The summed E-state index contributed by atoms with van der Waals surface area (Å²) in [6, 6.07) is 17.6. The Hall–Kier alpha value is -4.13. The van der Waals surface area contributed by atoms with E-state index in [4.69, 9.17) is 0 Å². The molecule has 0 spiro atoms. The minimum absolute atomic E-state index is 0.0642. The summed E-state index contributed by atoms with van der Waals surface area (Å²) < 4.78 is 1.94. The Bertz CT molecular complexity index is 1290. The van der Waals surface area contributed by atoms with Crippen LogP contribution < -0.4 is 10.2 Å². The van der Waals surface area contributed by atoms with E-state index in [1.165, 1.54) is 0 Å². The van der Waals surface area contributed by atoms with E-state index in [1.54, 1.807) is 31.3 Å². The van der Waals surface area contributed by atoms with Crippen molar-refractivity contribution < 1.29 is 9.59 Å². The first-order valence-electron chi connectivity index (χ1n) is 10.2. The third-order valence-corrected chi connectivity index (χ3v) is 5.35. The predicted molar refractivity (Wildman–Crippen MR) is 128 cm³/mol. The number of fused-ring (bicyclic) bond motifs is 1. The molecular formula is C25H25N5O2. The molecule has 2 amide bonds. The molecule has 7 nitrogen and oxygen atoms in total. The topological polar surface area (TPSA) is 70.0 Å². The number of benzene rings is 2. The molecule has 0 aliphatic carbocycles. The van der Waals surface area contributed by atoms with E-state index < -0.39 is 0 Å². The fourth-order valence-electron chi connectivity index (χ4n) is 3.65. The number of carbonyl (C=O) groups excluding carboxylic acids is 2. The van der Waals surface area contributed by atoms with E-state index in [-0.39, 0.29) is 5.91 Å². The molecule has 1 N–H and O–H groups in total. The summed E-state index contributed by atoms with van der Waals surface area (Å²) >= 11 is 0. The molecule has 4 aromatic rings. The van der Waals surface area contributed by atoms with Gasteiger partial charge in [0.1, 0.15) is 0 Å². The van der Waals surface area contributed by atoms with Crippen molar-refractivity contribution in [1.29, 1.82) is 0 Å². The molecular weight excluding hydrogens is 402 g/mol. The fraction of sp³-hybridized carbons (Fsp3) is 0.160. The maximum atomic E-state index is 12.4. The number of amides is 2. The van der Waals surface area contributed by atoms with Crippen molar-refractivity contribution in [3.8, 4) is 22.4 Å². The third kappa shape index (κ3) is 3.92. The average Bonchev–Trinajstić information content (AvgIpc) is 3.23. The lowest BCUT2D eigenvalue weighted by atomic mass is 10.1. The van der Waals surface area contributed by atoms with Crippen LogP contribution in [0.5, 0.6) is 0 Å². The molecule has 32 heavy (non-hydrogen) atoms. The lowest BCUT2D eigenvalue weighted by Gasteiger charge is -2.14. The largest absolute Gasteiger partial charge is 0.378 e. The van der Waals surface area contributed by atoms with Crippen molar-refractivity contribution in [3.63, 3.8) is 0 Å². The van der Waals surface area contributed by atoms with Gasteiger partial charge >= 0.3 is 0 Å². The van der Waals surface area contributed by atoms with Gasteiger partial charge in [0.15, 0.2) is 5.65 Å². The first-order valence-corrected chi connectivity index (χ1v) is 10.2. The van der Waals surface area contributed by atoms with Gasteiger partial charge in [-0.05, 0) is 35.9 Å². The van der Waals surface area contributed by atoms with Crippen LogP contribution in [0.25, 0.3) is 28.0 Å². The second kappa shape index (κ2) is 8.55. The molecule has 0 fully saturated rings. The van der Waals surface area contributed by atoms with E-state index in [0.717, 1.165) is 28.1 Å². The summed E-state index contributed by atoms with van der Waals surface area (Å²) in [6.07, 6.45) is 4.40. The monoisotopic (exact) mass is 427 g/mol. The lowest BCUT2D eigenvalue weighted by Crippen LogP contribution is -2.21. The standard InChI is InChI=1S/C25H25N5O2/c1-28(2)21-10-8-17(9-11-21)20-13-22(27-16-31)24-26-14-23(30(24)15-20)18-6-5-7-19(12-18)25(32)29(3)4/h5-16H,1-4H3,(H,27,31). The van der Waals surface area contributed by atoms with Crippen LogP contribution in [0.3, 0.4) is 0 Å². The minimum Gasteiger partial charge on any atom is -0.378 e. The van der Waals surface area contributed by atoms with Crippen molar-refractivity contribution in [3.05, 3.63) is 72.6 Å². The first-order chi connectivity index (χ1) is 15.4. The number of hydrogen-bond acceptors (Lipinski definition) is 4. The highest BCUT2D eigenvalue weighted by molar-refractivity contribution is 5.95. The van der Waals surface area contributed by atoms with Crippen LogP contribution in [-0.4, -0.2) is 54.8 Å². The zero-order valence-corrected chi connectivity index (χ0v) is 18.5. The summed E-state index contributed by atoms with van der Waals surface area (Å²) in [5.74, 6) is -0.0642. The number of aromatic nitrogens is 2. The summed E-state index contributed by atoms with van der Waals surface area (Å²) in [6.45, 7) is 0. The summed E-state index contributed by atoms with van der Waals surface area (Å²) in [5.41, 5.74) is 6.59. The van der Waals surface area contributed by atoms with E-state index in [0.29, 0.717) is 23.3 Å². The number of pyridine rings is 1. The zero-order chi connectivity index (χ0) is 22.8. The highest BCUT2D eigenvalue weighted by Gasteiger charge is 2.15. The van der Waals surface area contributed by atoms with Gasteiger partial charge < -0.3 is 15.1 Å². The number of imidazole rings is 1. The van der Waals surface area contributed by atoms with Crippen molar-refractivity contribution in [2.45, 2.75) is 0 Å². The Morgan fingerprint density at radius 1 is 0.969 bits per heavy atom. The first kappa shape index (κ1) is 21.1. The van der Waals surface area contributed by atoms with Crippen LogP contribution in [0, 0.1) is 0 Å². The molecule has 7 heteroatoms. The van der Waals surface area contributed by atoms with Gasteiger partial charge in [0, 0.05) is 56.8 Å². The molecule has 0 unspecified atom stereocenters. The Morgan fingerprint density at radius 2 is 1.72 bits per heavy atom. The summed E-state index contributed by atoms with van der Waals surface area (Å²) in [5, 5.41) is 2.77. The molecule has 0 aliphatic heterocycles. The smallest absolute Gasteiger partial charge is 0.253 e. The molecule has 2 aromatic carbocycles. The maximum Gasteiger partial charge on any atom is 0.253 e. The quantitative estimate of drug-likeness (QED) is 0.472. The Balaban J connectivity index is 1.86. The van der Waals surface area contributed by atoms with Crippen LogP contribution in [-0.2, 0) is 4.79 Å². The van der Waals surface area contributed by atoms with Gasteiger partial charge in [0.2, 0.25) is 6.41 Å². The van der Waals surface area contributed by atoms with Crippen LogP contribution in [0.2, 0.25) is 0 Å². The Labute approximate surface area is 186 Å². The maximum absolute atomic E-state index is 12.4. The lowest BCUT2D eigenvalue weighted by molar-refractivity contribution is -0.105. The molecule has 0 saturated carbocycles. The van der Waals surface area contributed by atoms with Gasteiger partial charge in [-0.2, -0.15) is 0 Å². The van der Waals surface area contributed by atoms with E-state index in [2.05, 4.69) is 22.4 Å². The van der Waals surface area contributed by atoms with Crippen molar-refractivity contribution >= 4 is 29.3 Å². The number of anilines is 2. The zero-order valence-electron chi connectivity index (χ0n) is 18.5. The van der Waals surface area contributed by atoms with Crippen LogP contribution in [0.1, 0.15) is 10.4 Å². The van der Waals surface area contributed by atoms with Gasteiger partial charge in [-0.1, -0.05) is 24.3 Å². The summed E-state index contributed by atoms with van der Waals surface area (Å²) in [4.78, 5) is 31.8. The van der Waals surface area contributed by atoms with E-state index in [1.807, 2.05) is 66.0 Å². The number of hydrogen-bond donors (Lipinski definition) is 1. The second-order valence-electron chi connectivity index (χ2n) is 7.96. The van der Waals surface area contributed by atoms with Crippen molar-refractivity contribution in [2.75, 3.05) is 38.4 Å². The molecule has 2 aromatic heterocycles. The van der Waals surface area contributed by atoms with Gasteiger partial charge in [-0.3, -0.25) is 14.0 Å². The molecule has 0 radical (unpaired) electrons. The highest BCUT2D eigenvalue weighted by atomic mass is 16.2.